The summed E-state index contributed by atoms with van der Waals surface area (Å²) in [5.41, 5.74) is 0. The largest absolute Gasteiger partial charge is 0.453 e. The van der Waals surface area contributed by atoms with Gasteiger partial charge in [0, 0.05) is 18.1 Å². The van der Waals surface area contributed by atoms with Gasteiger partial charge < -0.3 is 19.9 Å². The van der Waals surface area contributed by atoms with Crippen molar-refractivity contribution < 1.29 is 9.53 Å². The maximum atomic E-state index is 10.3. The summed E-state index contributed by atoms with van der Waals surface area (Å²) in [6.45, 7) is 19.3. The Morgan fingerprint density at radius 1 is 0.955 bits per heavy atom. The number of hydrogen-bond acceptors (Lipinski definition) is 4. The number of carbonyl (C=O) groups is 1. The molecule has 1 N–H and O–H groups in total. The highest BCUT2D eigenvalue weighted by molar-refractivity contribution is 5.67. The van der Waals surface area contributed by atoms with Crippen LogP contribution in [0.4, 0.5) is 4.79 Å². The molecule has 0 saturated carbocycles. The quantitative estimate of drug-likeness (QED) is 0.843. The number of amides is 1. The Balaban J connectivity index is -0.000000249. The fourth-order valence-electron chi connectivity index (χ4n) is 1.25. The van der Waals surface area contributed by atoms with E-state index in [1.54, 1.807) is 0 Å². The number of rotatable bonds is 5. The average molecular weight is 320 g/mol. The van der Waals surface area contributed by atoms with Crippen molar-refractivity contribution in [1.29, 1.82) is 0 Å². The maximum Gasteiger partial charge on any atom is 0.407 e. The average Bonchev–Trinajstić information content (AvgIpc) is 2.40. The van der Waals surface area contributed by atoms with Crippen LogP contribution in [0.3, 0.4) is 0 Å². The van der Waals surface area contributed by atoms with Gasteiger partial charge in [0.1, 0.15) is 0 Å². The Hall–Kier alpha value is -0.810. The monoisotopic (exact) mass is 319 g/mol. The number of alkyl carbamates (subject to hydrolysis) is 1. The van der Waals surface area contributed by atoms with Crippen LogP contribution < -0.4 is 5.32 Å². The van der Waals surface area contributed by atoms with Crippen molar-refractivity contribution >= 4 is 6.09 Å². The second-order valence-electron chi connectivity index (χ2n) is 6.16. The second-order valence-corrected chi connectivity index (χ2v) is 6.16. The van der Waals surface area contributed by atoms with Crippen LogP contribution in [0.2, 0.25) is 0 Å². The lowest BCUT2D eigenvalue weighted by atomic mass is 10.3. The van der Waals surface area contributed by atoms with Crippen LogP contribution in [0.25, 0.3) is 0 Å². The molecule has 0 unspecified atom stereocenters. The number of hydrogen-bond donors (Lipinski definition) is 1. The van der Waals surface area contributed by atoms with Gasteiger partial charge >= 0.3 is 6.09 Å². The molecule has 0 rings (SSSR count). The van der Waals surface area contributed by atoms with E-state index < -0.39 is 0 Å². The third kappa shape index (κ3) is 21.5. The molecule has 0 heterocycles. The molecule has 0 aromatic carbocycles. The molecule has 0 bridgehead atoms. The van der Waals surface area contributed by atoms with Gasteiger partial charge in [-0.3, -0.25) is 0 Å². The Morgan fingerprint density at radius 2 is 1.32 bits per heavy atom. The predicted octanol–water partition coefficient (Wildman–Crippen LogP) is 3.44. The van der Waals surface area contributed by atoms with Crippen LogP contribution in [-0.4, -0.2) is 68.3 Å². The molecule has 0 aromatic heterocycles. The minimum Gasteiger partial charge on any atom is -0.453 e. The summed E-state index contributed by atoms with van der Waals surface area (Å²) in [6, 6.07) is 1.55. The van der Waals surface area contributed by atoms with Gasteiger partial charge in [-0.15, -0.1) is 0 Å². The van der Waals surface area contributed by atoms with Gasteiger partial charge in [0.2, 0.25) is 0 Å². The zero-order valence-corrected chi connectivity index (χ0v) is 16.9. The Kier molecular flexibility index (Phi) is 19.6. The lowest BCUT2D eigenvalue weighted by Crippen LogP contribution is -2.29. The Labute approximate surface area is 139 Å². The molecule has 0 radical (unpaired) electrons. The first kappa shape index (κ1) is 26.1. The van der Waals surface area contributed by atoms with Gasteiger partial charge in [0.25, 0.3) is 0 Å². The first-order chi connectivity index (χ1) is 10.0. The summed E-state index contributed by atoms with van der Waals surface area (Å²) in [6.07, 6.45) is -0.375. The van der Waals surface area contributed by atoms with Gasteiger partial charge in [0.15, 0.2) is 0 Å². The topological polar surface area (TPSA) is 44.8 Å². The minimum atomic E-state index is -0.375. The molecule has 0 aliphatic heterocycles. The summed E-state index contributed by atoms with van der Waals surface area (Å²) < 4.78 is 4.31. The van der Waals surface area contributed by atoms with Gasteiger partial charge in [-0.2, -0.15) is 0 Å². The zero-order chi connectivity index (χ0) is 18.3. The molecule has 5 heteroatoms. The van der Waals surface area contributed by atoms with E-state index in [0.717, 1.165) is 0 Å². The van der Waals surface area contributed by atoms with E-state index in [1.807, 2.05) is 13.8 Å². The van der Waals surface area contributed by atoms with Crippen LogP contribution in [0.1, 0.15) is 55.4 Å². The van der Waals surface area contributed by atoms with E-state index in [1.165, 1.54) is 20.2 Å². The number of ether oxygens (including phenoxy) is 1. The lowest BCUT2D eigenvalue weighted by Gasteiger charge is -2.21. The molecule has 5 nitrogen and oxygen atoms in total. The molecule has 22 heavy (non-hydrogen) atoms. The zero-order valence-electron chi connectivity index (χ0n) is 16.9. The normalized spacial score (nSPS) is 10.4. The molecule has 0 saturated heterocycles. The van der Waals surface area contributed by atoms with Gasteiger partial charge in [-0.05, 0) is 68.7 Å². The highest BCUT2D eigenvalue weighted by Gasteiger charge is 2.00. The third-order valence-electron chi connectivity index (χ3n) is 3.17. The number of carbonyl (C=O) groups excluding carboxylic acids is 1. The standard InChI is InChI=1S/C7H17N.C5H11NO2.C5H13N/c1-5-8(6-2)7(3)4;1-4(2)6-5(7)8-3;1-5(2)6(3)4/h7H,5-6H2,1-4H3;4H,1-3H3,(H,6,7);5H,1-4H3. The predicted molar refractivity (Wildman–Crippen MR) is 97.6 cm³/mol. The highest BCUT2D eigenvalue weighted by Crippen LogP contribution is 1.94. The van der Waals surface area contributed by atoms with Crippen molar-refractivity contribution in [3.05, 3.63) is 0 Å². The third-order valence-corrected chi connectivity index (χ3v) is 3.17. The maximum absolute atomic E-state index is 10.3. The van der Waals surface area contributed by atoms with Crippen molar-refractivity contribution in [3.63, 3.8) is 0 Å². The summed E-state index contributed by atoms with van der Waals surface area (Å²) in [5, 5.41) is 2.53. The van der Waals surface area contributed by atoms with Crippen molar-refractivity contribution in [2.45, 2.75) is 73.5 Å². The Bertz CT molecular complexity index is 232. The molecule has 1 amide bonds. The molecule has 0 fully saturated rings. The van der Waals surface area contributed by atoms with Crippen LogP contribution in [0.5, 0.6) is 0 Å². The summed E-state index contributed by atoms with van der Waals surface area (Å²) in [7, 11) is 5.49. The smallest absolute Gasteiger partial charge is 0.407 e. The molecule has 0 aromatic rings. The first-order valence-electron chi connectivity index (χ1n) is 8.28. The number of nitrogens with one attached hydrogen (secondary N) is 1. The molecular weight excluding hydrogens is 278 g/mol. The summed E-state index contributed by atoms with van der Waals surface area (Å²) >= 11 is 0. The minimum absolute atomic E-state index is 0.155. The first-order valence-corrected chi connectivity index (χ1v) is 8.28. The van der Waals surface area contributed by atoms with Crippen LogP contribution in [0.15, 0.2) is 0 Å². The van der Waals surface area contributed by atoms with Gasteiger partial charge in [0.05, 0.1) is 7.11 Å². The van der Waals surface area contributed by atoms with Gasteiger partial charge in [-0.1, -0.05) is 13.8 Å². The van der Waals surface area contributed by atoms with E-state index in [9.17, 15) is 4.79 Å². The Morgan fingerprint density at radius 3 is 1.36 bits per heavy atom. The fourth-order valence-corrected chi connectivity index (χ4v) is 1.25. The fraction of sp³-hybridized carbons (Fsp3) is 0.941. The van der Waals surface area contributed by atoms with E-state index in [4.69, 9.17) is 0 Å². The van der Waals surface area contributed by atoms with E-state index >= 15 is 0 Å². The SMILES string of the molecule is CC(C)N(C)C.CCN(CC)C(C)C.COC(=O)NC(C)C. The molecular formula is C17H41N3O2. The van der Waals surface area contributed by atoms with E-state index in [-0.39, 0.29) is 12.1 Å². The molecule has 0 spiro atoms. The second kappa shape index (κ2) is 16.6. The number of nitrogens with zero attached hydrogens (tertiary/aromatic N) is 2. The van der Waals surface area contributed by atoms with E-state index in [2.05, 4.69) is 75.5 Å². The lowest BCUT2D eigenvalue weighted by molar-refractivity contribution is 0.168. The summed E-state index contributed by atoms with van der Waals surface area (Å²) in [5.74, 6) is 0. The summed E-state index contributed by atoms with van der Waals surface area (Å²) in [4.78, 5) is 14.9. The molecule has 0 aliphatic carbocycles. The van der Waals surface area contributed by atoms with Crippen LogP contribution in [-0.2, 0) is 4.74 Å². The van der Waals surface area contributed by atoms with Crippen LogP contribution in [0, 0.1) is 0 Å². The van der Waals surface area contributed by atoms with Crippen molar-refractivity contribution in [2.24, 2.45) is 0 Å². The van der Waals surface area contributed by atoms with Crippen molar-refractivity contribution in [2.75, 3.05) is 34.3 Å². The van der Waals surface area contributed by atoms with E-state index in [0.29, 0.717) is 12.1 Å². The molecule has 136 valence electrons. The van der Waals surface area contributed by atoms with Crippen molar-refractivity contribution in [1.82, 2.24) is 15.1 Å². The van der Waals surface area contributed by atoms with Crippen molar-refractivity contribution in [3.8, 4) is 0 Å². The number of methoxy groups -OCH3 is 1. The molecule has 0 aliphatic rings. The van der Waals surface area contributed by atoms with Crippen LogP contribution >= 0.6 is 0 Å². The van der Waals surface area contributed by atoms with Gasteiger partial charge in [-0.25, -0.2) is 4.79 Å². The highest BCUT2D eigenvalue weighted by atomic mass is 16.5. The molecule has 0 atom stereocenters.